The van der Waals surface area contributed by atoms with Gasteiger partial charge in [-0.2, -0.15) is 4.98 Å². The molecule has 5 heteroatoms. The fraction of sp³-hybridized carbons (Fsp3) is 0.833. The number of hydrogen-bond acceptors (Lipinski definition) is 5. The fourth-order valence-corrected chi connectivity index (χ4v) is 2.67. The molecule has 0 amide bonds. The van der Waals surface area contributed by atoms with E-state index in [0.29, 0.717) is 24.1 Å². The number of aromatic nitrogens is 2. The summed E-state index contributed by atoms with van der Waals surface area (Å²) in [7, 11) is 0. The van der Waals surface area contributed by atoms with E-state index in [0.717, 1.165) is 18.7 Å². The summed E-state index contributed by atoms with van der Waals surface area (Å²) in [5.74, 6) is 1.12. The van der Waals surface area contributed by atoms with Gasteiger partial charge in [0, 0.05) is 5.54 Å². The second-order valence-corrected chi connectivity index (χ2v) is 6.05. The summed E-state index contributed by atoms with van der Waals surface area (Å²) in [6.45, 7) is 6.20. The van der Waals surface area contributed by atoms with Crippen molar-refractivity contribution in [3.63, 3.8) is 0 Å². The highest BCUT2D eigenvalue weighted by atomic mass is 16.5. The van der Waals surface area contributed by atoms with Crippen molar-refractivity contribution in [1.82, 2.24) is 10.1 Å². The summed E-state index contributed by atoms with van der Waals surface area (Å²) < 4.78 is 11.0. The molecule has 2 fully saturated rings. The molecule has 0 aliphatic carbocycles. The van der Waals surface area contributed by atoms with Crippen molar-refractivity contribution >= 4 is 6.01 Å². The zero-order valence-electron chi connectivity index (χ0n) is 10.6. The van der Waals surface area contributed by atoms with E-state index in [1.54, 1.807) is 0 Å². The molecule has 0 aromatic carbocycles. The topological polar surface area (TPSA) is 60.2 Å². The van der Waals surface area contributed by atoms with Crippen molar-refractivity contribution in [2.45, 2.75) is 63.7 Å². The number of anilines is 1. The lowest BCUT2D eigenvalue weighted by Gasteiger charge is -2.18. The van der Waals surface area contributed by atoms with Crippen molar-refractivity contribution in [2.75, 3.05) is 5.32 Å². The lowest BCUT2D eigenvalue weighted by Crippen LogP contribution is -2.26. The van der Waals surface area contributed by atoms with Crippen LogP contribution in [0.5, 0.6) is 0 Å². The first-order valence-electron chi connectivity index (χ1n) is 6.28. The van der Waals surface area contributed by atoms with Gasteiger partial charge >= 0.3 is 6.01 Å². The molecule has 0 saturated carbocycles. The van der Waals surface area contributed by atoms with Gasteiger partial charge in [0.1, 0.15) is 0 Å². The normalized spacial score (nSPS) is 32.1. The van der Waals surface area contributed by atoms with Crippen LogP contribution < -0.4 is 5.32 Å². The smallest absolute Gasteiger partial charge is 0.321 e. The zero-order chi connectivity index (χ0) is 12.0. The van der Waals surface area contributed by atoms with Gasteiger partial charge < -0.3 is 14.6 Å². The van der Waals surface area contributed by atoms with Crippen molar-refractivity contribution in [3.05, 3.63) is 5.82 Å². The number of rotatable bonds is 2. The maximum Gasteiger partial charge on any atom is 0.321 e. The molecule has 3 heterocycles. The third-order valence-corrected chi connectivity index (χ3v) is 3.36. The van der Waals surface area contributed by atoms with E-state index in [1.807, 2.05) is 0 Å². The molecule has 2 aliphatic rings. The van der Waals surface area contributed by atoms with Gasteiger partial charge in [0.2, 0.25) is 0 Å². The second kappa shape index (κ2) is 3.70. The van der Waals surface area contributed by atoms with E-state index < -0.39 is 0 Å². The Morgan fingerprint density at radius 3 is 2.71 bits per heavy atom. The molecule has 2 aliphatic heterocycles. The van der Waals surface area contributed by atoms with Gasteiger partial charge in [-0.15, -0.1) is 0 Å². The summed E-state index contributed by atoms with van der Waals surface area (Å²) >= 11 is 0. The van der Waals surface area contributed by atoms with E-state index in [4.69, 9.17) is 9.26 Å². The second-order valence-electron chi connectivity index (χ2n) is 6.05. The van der Waals surface area contributed by atoms with E-state index in [2.05, 4.69) is 36.2 Å². The minimum atomic E-state index is -0.0605. The van der Waals surface area contributed by atoms with Crippen molar-refractivity contribution in [1.29, 1.82) is 0 Å². The van der Waals surface area contributed by atoms with Crippen LogP contribution in [0.1, 0.15) is 51.8 Å². The van der Waals surface area contributed by atoms with Crippen LogP contribution >= 0.6 is 0 Å². The lowest BCUT2D eigenvalue weighted by molar-refractivity contribution is 0.0996. The van der Waals surface area contributed by atoms with Gasteiger partial charge in [0.15, 0.2) is 5.82 Å². The SMILES string of the molecule is CC(C)(C)Nc1nc(C2CC3CCC2O3)no1. The summed E-state index contributed by atoms with van der Waals surface area (Å²) in [6, 6.07) is 0.510. The summed E-state index contributed by atoms with van der Waals surface area (Å²) in [4.78, 5) is 4.43. The van der Waals surface area contributed by atoms with Crippen LogP contribution in [0, 0.1) is 0 Å². The molecule has 1 aromatic heterocycles. The first kappa shape index (κ1) is 11.0. The van der Waals surface area contributed by atoms with E-state index >= 15 is 0 Å². The molecule has 94 valence electrons. The van der Waals surface area contributed by atoms with Gasteiger partial charge in [0.05, 0.1) is 18.1 Å². The van der Waals surface area contributed by atoms with E-state index in [1.165, 1.54) is 6.42 Å². The van der Waals surface area contributed by atoms with Crippen LogP contribution in [-0.4, -0.2) is 27.9 Å². The molecule has 17 heavy (non-hydrogen) atoms. The average Bonchev–Trinajstić information content (AvgIpc) is 2.87. The number of fused-ring (bicyclic) bond motifs is 2. The molecule has 0 radical (unpaired) electrons. The van der Waals surface area contributed by atoms with Crippen LogP contribution in [-0.2, 0) is 4.74 Å². The average molecular weight is 237 g/mol. The van der Waals surface area contributed by atoms with Crippen molar-refractivity contribution in [3.8, 4) is 0 Å². The minimum Gasteiger partial charge on any atom is -0.374 e. The van der Waals surface area contributed by atoms with Crippen LogP contribution in [0.2, 0.25) is 0 Å². The Bertz CT molecular complexity index is 410. The highest BCUT2D eigenvalue weighted by Gasteiger charge is 2.43. The predicted octanol–water partition coefficient (Wildman–Crippen LogP) is 2.31. The van der Waals surface area contributed by atoms with Gasteiger partial charge in [-0.3, -0.25) is 0 Å². The van der Waals surface area contributed by atoms with E-state index in [-0.39, 0.29) is 5.54 Å². The monoisotopic (exact) mass is 237 g/mol. The quantitative estimate of drug-likeness (QED) is 0.855. The van der Waals surface area contributed by atoms with Crippen molar-refractivity contribution < 1.29 is 9.26 Å². The zero-order valence-corrected chi connectivity index (χ0v) is 10.6. The number of nitrogens with one attached hydrogen (secondary N) is 1. The molecule has 0 spiro atoms. The summed E-state index contributed by atoms with van der Waals surface area (Å²) in [5.41, 5.74) is -0.0605. The Labute approximate surface area is 101 Å². The Balaban J connectivity index is 1.72. The molecular formula is C12H19N3O2. The summed E-state index contributed by atoms with van der Waals surface area (Å²) in [5, 5.41) is 7.26. The minimum absolute atomic E-state index is 0.0605. The maximum absolute atomic E-state index is 5.81. The molecular weight excluding hydrogens is 218 g/mol. The lowest BCUT2D eigenvalue weighted by atomic mass is 9.89. The maximum atomic E-state index is 5.81. The summed E-state index contributed by atoms with van der Waals surface area (Å²) in [6.07, 6.45) is 4.08. The van der Waals surface area contributed by atoms with Gasteiger partial charge in [-0.25, -0.2) is 0 Å². The Kier molecular flexibility index (Phi) is 2.40. The van der Waals surface area contributed by atoms with Crippen LogP contribution in [0.4, 0.5) is 6.01 Å². The Morgan fingerprint density at radius 2 is 2.12 bits per heavy atom. The third kappa shape index (κ3) is 2.16. The Morgan fingerprint density at radius 1 is 1.29 bits per heavy atom. The van der Waals surface area contributed by atoms with Gasteiger partial charge in [-0.05, 0) is 40.0 Å². The van der Waals surface area contributed by atoms with Crippen LogP contribution in [0.3, 0.4) is 0 Å². The van der Waals surface area contributed by atoms with Gasteiger partial charge in [-0.1, -0.05) is 5.16 Å². The largest absolute Gasteiger partial charge is 0.374 e. The molecule has 2 saturated heterocycles. The first-order chi connectivity index (χ1) is 8.01. The van der Waals surface area contributed by atoms with E-state index in [9.17, 15) is 0 Å². The van der Waals surface area contributed by atoms with Crippen molar-refractivity contribution in [2.24, 2.45) is 0 Å². The molecule has 5 nitrogen and oxygen atoms in total. The fourth-order valence-electron chi connectivity index (χ4n) is 2.67. The molecule has 2 bridgehead atoms. The molecule has 3 rings (SSSR count). The van der Waals surface area contributed by atoms with Crippen LogP contribution in [0.15, 0.2) is 4.52 Å². The standard InChI is InChI=1S/C12H19N3O2/c1-12(2,3)14-11-13-10(15-17-11)8-6-7-4-5-9(8)16-7/h7-9H,4-6H2,1-3H3,(H,13,14,15). The highest BCUT2D eigenvalue weighted by Crippen LogP contribution is 2.43. The van der Waals surface area contributed by atoms with Gasteiger partial charge in [0.25, 0.3) is 0 Å². The number of hydrogen-bond donors (Lipinski definition) is 1. The molecule has 1 aromatic rings. The third-order valence-electron chi connectivity index (χ3n) is 3.36. The molecule has 3 atom stereocenters. The molecule has 1 N–H and O–H groups in total. The number of ether oxygens (including phenoxy) is 1. The molecule has 3 unspecified atom stereocenters. The first-order valence-corrected chi connectivity index (χ1v) is 6.28. The van der Waals surface area contributed by atoms with Crippen LogP contribution in [0.25, 0.3) is 0 Å². The number of nitrogens with zero attached hydrogens (tertiary/aromatic N) is 2. The highest BCUT2D eigenvalue weighted by molar-refractivity contribution is 5.24. The Hall–Kier alpha value is -1.10. The predicted molar refractivity (Wildman–Crippen MR) is 62.9 cm³/mol.